The van der Waals surface area contributed by atoms with Crippen LogP contribution in [0.1, 0.15) is 15.9 Å². The Labute approximate surface area is 120 Å². The molecule has 4 N–H and O–H groups in total. The van der Waals surface area contributed by atoms with Gasteiger partial charge in [0.1, 0.15) is 5.82 Å². The molecule has 0 radical (unpaired) electrons. The van der Waals surface area contributed by atoms with Gasteiger partial charge in [0.05, 0.1) is 17.7 Å². The fourth-order valence-corrected chi connectivity index (χ4v) is 1.83. The first kappa shape index (κ1) is 14.5. The Bertz CT molecular complexity index is 701. The molecule has 0 unspecified atom stereocenters. The standard InChI is InChI=1S/C15H13FN2O3/c16-12-8-10(15(20)21)4-5-13(12)18-14(19)7-9-2-1-3-11(17)6-9/h1-6,8H,7,17H2,(H,18,19)(H,20,21). The van der Waals surface area contributed by atoms with Gasteiger partial charge in [0, 0.05) is 5.69 Å². The number of nitrogens with two attached hydrogens (primary N) is 1. The van der Waals surface area contributed by atoms with Crippen LogP contribution in [0.25, 0.3) is 0 Å². The fourth-order valence-electron chi connectivity index (χ4n) is 1.83. The predicted molar refractivity (Wildman–Crippen MR) is 76.5 cm³/mol. The number of carboxylic acid groups (broad SMARTS) is 1. The second-order valence-corrected chi connectivity index (χ2v) is 4.47. The molecule has 0 aliphatic rings. The second kappa shape index (κ2) is 6.04. The summed E-state index contributed by atoms with van der Waals surface area (Å²) < 4.78 is 13.7. The molecule has 5 nitrogen and oxygen atoms in total. The van der Waals surface area contributed by atoms with E-state index in [0.717, 1.165) is 6.07 Å². The minimum absolute atomic E-state index is 0.0468. The number of hydrogen-bond donors (Lipinski definition) is 3. The normalized spacial score (nSPS) is 10.1. The molecule has 0 heterocycles. The number of benzene rings is 2. The SMILES string of the molecule is Nc1cccc(CC(=O)Nc2ccc(C(=O)O)cc2F)c1. The van der Waals surface area contributed by atoms with Crippen molar-refractivity contribution in [1.29, 1.82) is 0 Å². The number of aromatic carboxylic acids is 1. The first-order chi connectivity index (χ1) is 9.95. The second-order valence-electron chi connectivity index (χ2n) is 4.47. The molecule has 0 atom stereocenters. The summed E-state index contributed by atoms with van der Waals surface area (Å²) >= 11 is 0. The molecular formula is C15H13FN2O3. The van der Waals surface area contributed by atoms with Gasteiger partial charge in [0.15, 0.2) is 0 Å². The highest BCUT2D eigenvalue weighted by Gasteiger charge is 2.11. The van der Waals surface area contributed by atoms with E-state index in [1.54, 1.807) is 24.3 Å². The van der Waals surface area contributed by atoms with Gasteiger partial charge in [0.25, 0.3) is 0 Å². The number of carbonyl (C=O) groups excluding carboxylic acids is 1. The van der Waals surface area contributed by atoms with E-state index in [2.05, 4.69) is 5.32 Å². The topological polar surface area (TPSA) is 92.4 Å². The molecule has 2 rings (SSSR count). The van der Waals surface area contributed by atoms with E-state index in [0.29, 0.717) is 11.3 Å². The number of nitrogen functional groups attached to an aromatic ring is 1. The van der Waals surface area contributed by atoms with Crippen molar-refractivity contribution in [2.75, 3.05) is 11.1 Å². The summed E-state index contributed by atoms with van der Waals surface area (Å²) in [6.07, 6.45) is 0.0468. The van der Waals surface area contributed by atoms with Crippen LogP contribution in [0.5, 0.6) is 0 Å². The maximum Gasteiger partial charge on any atom is 0.335 e. The van der Waals surface area contributed by atoms with Crippen LogP contribution in [0.4, 0.5) is 15.8 Å². The van der Waals surface area contributed by atoms with Crippen LogP contribution < -0.4 is 11.1 Å². The number of hydrogen-bond acceptors (Lipinski definition) is 3. The largest absolute Gasteiger partial charge is 0.478 e. The molecule has 0 aliphatic carbocycles. The molecule has 2 aromatic carbocycles. The van der Waals surface area contributed by atoms with E-state index in [1.165, 1.54) is 12.1 Å². The fraction of sp³-hybridized carbons (Fsp3) is 0.0667. The van der Waals surface area contributed by atoms with E-state index in [4.69, 9.17) is 10.8 Å². The van der Waals surface area contributed by atoms with Crippen molar-refractivity contribution < 1.29 is 19.1 Å². The van der Waals surface area contributed by atoms with Crippen LogP contribution in [-0.4, -0.2) is 17.0 Å². The summed E-state index contributed by atoms with van der Waals surface area (Å²) in [5, 5.41) is 11.1. The van der Waals surface area contributed by atoms with Gasteiger partial charge in [-0.15, -0.1) is 0 Å². The van der Waals surface area contributed by atoms with Crippen molar-refractivity contribution in [3.05, 3.63) is 59.4 Å². The van der Waals surface area contributed by atoms with Crippen molar-refractivity contribution in [2.45, 2.75) is 6.42 Å². The molecule has 1 amide bonds. The average molecular weight is 288 g/mol. The number of amides is 1. The zero-order valence-corrected chi connectivity index (χ0v) is 11.0. The quantitative estimate of drug-likeness (QED) is 0.752. The summed E-state index contributed by atoms with van der Waals surface area (Å²) in [4.78, 5) is 22.5. The van der Waals surface area contributed by atoms with Crippen LogP contribution >= 0.6 is 0 Å². The minimum atomic E-state index is -1.23. The molecule has 108 valence electrons. The van der Waals surface area contributed by atoms with Crippen LogP contribution in [0, 0.1) is 5.82 Å². The highest BCUT2D eigenvalue weighted by atomic mass is 19.1. The molecule has 0 bridgehead atoms. The van der Waals surface area contributed by atoms with Crippen molar-refractivity contribution in [2.24, 2.45) is 0 Å². The van der Waals surface area contributed by atoms with Crippen LogP contribution in [0.2, 0.25) is 0 Å². The van der Waals surface area contributed by atoms with Crippen LogP contribution in [0.3, 0.4) is 0 Å². The Morgan fingerprint density at radius 2 is 1.95 bits per heavy atom. The molecule has 2 aromatic rings. The van der Waals surface area contributed by atoms with Gasteiger partial charge in [-0.3, -0.25) is 4.79 Å². The van der Waals surface area contributed by atoms with E-state index in [1.807, 2.05) is 0 Å². The predicted octanol–water partition coefficient (Wildman–Crippen LogP) is 2.29. The first-order valence-corrected chi connectivity index (χ1v) is 6.13. The molecule has 0 saturated heterocycles. The smallest absolute Gasteiger partial charge is 0.335 e. The van der Waals surface area contributed by atoms with Gasteiger partial charge in [-0.05, 0) is 35.9 Å². The lowest BCUT2D eigenvalue weighted by Crippen LogP contribution is -2.15. The zero-order chi connectivity index (χ0) is 15.4. The van der Waals surface area contributed by atoms with Crippen molar-refractivity contribution in [3.8, 4) is 0 Å². The third kappa shape index (κ3) is 3.79. The number of rotatable bonds is 4. The van der Waals surface area contributed by atoms with Crippen molar-refractivity contribution >= 4 is 23.3 Å². The Hall–Kier alpha value is -2.89. The summed E-state index contributed by atoms with van der Waals surface area (Å²) in [5.41, 5.74) is 6.61. The van der Waals surface area contributed by atoms with E-state index < -0.39 is 17.7 Å². The number of carboxylic acids is 1. The van der Waals surface area contributed by atoms with E-state index in [9.17, 15) is 14.0 Å². The minimum Gasteiger partial charge on any atom is -0.478 e. The summed E-state index contributed by atoms with van der Waals surface area (Å²) in [7, 11) is 0. The van der Waals surface area contributed by atoms with Gasteiger partial charge >= 0.3 is 5.97 Å². The molecule has 0 aromatic heterocycles. The van der Waals surface area contributed by atoms with Gasteiger partial charge in [-0.2, -0.15) is 0 Å². The van der Waals surface area contributed by atoms with E-state index in [-0.39, 0.29) is 17.7 Å². The molecule has 21 heavy (non-hydrogen) atoms. The lowest BCUT2D eigenvalue weighted by atomic mass is 10.1. The van der Waals surface area contributed by atoms with Crippen LogP contribution in [-0.2, 0) is 11.2 Å². The zero-order valence-electron chi connectivity index (χ0n) is 11.0. The summed E-state index contributed by atoms with van der Waals surface area (Å²) in [5.74, 6) is -2.44. The van der Waals surface area contributed by atoms with Crippen LogP contribution in [0.15, 0.2) is 42.5 Å². The summed E-state index contributed by atoms with van der Waals surface area (Å²) in [6, 6.07) is 10.1. The van der Waals surface area contributed by atoms with Gasteiger partial charge < -0.3 is 16.2 Å². The summed E-state index contributed by atoms with van der Waals surface area (Å²) in [6.45, 7) is 0. The van der Waals surface area contributed by atoms with E-state index >= 15 is 0 Å². The number of carbonyl (C=O) groups is 2. The molecule has 0 aliphatic heterocycles. The number of nitrogens with one attached hydrogen (secondary N) is 1. The lowest BCUT2D eigenvalue weighted by molar-refractivity contribution is -0.115. The third-order valence-corrected chi connectivity index (χ3v) is 2.81. The maximum atomic E-state index is 13.7. The molecule has 0 saturated carbocycles. The van der Waals surface area contributed by atoms with Gasteiger partial charge in [-0.1, -0.05) is 12.1 Å². The number of anilines is 2. The maximum absolute atomic E-state index is 13.7. The molecule has 6 heteroatoms. The Morgan fingerprint density at radius 1 is 1.19 bits per heavy atom. The Kier molecular flexibility index (Phi) is 4.18. The lowest BCUT2D eigenvalue weighted by Gasteiger charge is -2.07. The molecule has 0 spiro atoms. The van der Waals surface area contributed by atoms with Gasteiger partial charge in [-0.25, -0.2) is 9.18 Å². The molecular weight excluding hydrogens is 275 g/mol. The Morgan fingerprint density at radius 3 is 2.57 bits per heavy atom. The van der Waals surface area contributed by atoms with Crippen molar-refractivity contribution in [1.82, 2.24) is 0 Å². The third-order valence-electron chi connectivity index (χ3n) is 2.81. The Balaban J connectivity index is 2.08. The number of halogens is 1. The highest BCUT2D eigenvalue weighted by molar-refractivity contribution is 5.93. The monoisotopic (exact) mass is 288 g/mol. The molecule has 0 fully saturated rings. The first-order valence-electron chi connectivity index (χ1n) is 6.13. The van der Waals surface area contributed by atoms with Crippen molar-refractivity contribution in [3.63, 3.8) is 0 Å². The average Bonchev–Trinajstić information content (AvgIpc) is 2.40. The highest BCUT2D eigenvalue weighted by Crippen LogP contribution is 2.16. The van der Waals surface area contributed by atoms with Gasteiger partial charge in [0.2, 0.25) is 5.91 Å².